The van der Waals surface area contributed by atoms with Crippen molar-refractivity contribution in [2.45, 2.75) is 30.4 Å². The van der Waals surface area contributed by atoms with Gasteiger partial charge in [0.15, 0.2) is 0 Å². The van der Waals surface area contributed by atoms with Crippen LogP contribution in [0.4, 0.5) is 0 Å². The molecule has 1 atom stereocenters. The van der Waals surface area contributed by atoms with E-state index in [2.05, 4.69) is 0 Å². The number of rotatable bonds is 8. The molecule has 0 spiro atoms. The van der Waals surface area contributed by atoms with Crippen LogP contribution in [0.15, 0.2) is 53.4 Å². The minimum Gasteiger partial charge on any atom is -0.497 e. The number of amides is 1. The van der Waals surface area contributed by atoms with E-state index < -0.39 is 10.0 Å². The molecule has 0 aromatic heterocycles. The maximum absolute atomic E-state index is 13.3. The summed E-state index contributed by atoms with van der Waals surface area (Å²) < 4.78 is 36.7. The van der Waals surface area contributed by atoms with Crippen LogP contribution >= 0.6 is 0 Å². The van der Waals surface area contributed by atoms with Crippen molar-refractivity contribution in [3.63, 3.8) is 0 Å². The SMILES string of the molecule is COc1cccc(CN(CC2CCCO2)C(=O)c2ccc(S(=O)(=O)N(C)C)cc2)c1. The zero-order chi connectivity index (χ0) is 21.7. The Hall–Kier alpha value is -2.42. The Morgan fingerprint density at radius 1 is 1.17 bits per heavy atom. The third kappa shape index (κ3) is 5.19. The van der Waals surface area contributed by atoms with Crippen LogP contribution in [0.2, 0.25) is 0 Å². The number of nitrogens with zero attached hydrogens (tertiary/aromatic N) is 2. The lowest BCUT2D eigenvalue weighted by Crippen LogP contribution is -2.37. The van der Waals surface area contributed by atoms with Crippen molar-refractivity contribution in [1.82, 2.24) is 9.21 Å². The van der Waals surface area contributed by atoms with Gasteiger partial charge in [0.2, 0.25) is 10.0 Å². The molecule has 1 saturated heterocycles. The van der Waals surface area contributed by atoms with Gasteiger partial charge in [-0.1, -0.05) is 12.1 Å². The van der Waals surface area contributed by atoms with Gasteiger partial charge in [0, 0.05) is 39.4 Å². The zero-order valence-corrected chi connectivity index (χ0v) is 18.4. The molecule has 1 heterocycles. The lowest BCUT2D eigenvalue weighted by atomic mass is 10.1. The fourth-order valence-corrected chi connectivity index (χ4v) is 4.31. The van der Waals surface area contributed by atoms with Crippen LogP contribution in [0.3, 0.4) is 0 Å². The number of methoxy groups -OCH3 is 1. The highest BCUT2D eigenvalue weighted by atomic mass is 32.2. The van der Waals surface area contributed by atoms with Crippen molar-refractivity contribution in [2.24, 2.45) is 0 Å². The summed E-state index contributed by atoms with van der Waals surface area (Å²) in [6.07, 6.45) is 1.91. The number of carbonyl (C=O) groups excluding carboxylic acids is 1. The van der Waals surface area contributed by atoms with Gasteiger partial charge in [-0.25, -0.2) is 12.7 Å². The van der Waals surface area contributed by atoms with Gasteiger partial charge >= 0.3 is 0 Å². The Balaban J connectivity index is 1.83. The molecule has 0 saturated carbocycles. The molecule has 1 aliphatic heterocycles. The summed E-state index contributed by atoms with van der Waals surface area (Å²) in [5, 5.41) is 0. The second-order valence-electron chi connectivity index (χ2n) is 7.48. The molecule has 1 unspecified atom stereocenters. The maximum atomic E-state index is 13.3. The van der Waals surface area contributed by atoms with Crippen LogP contribution in [0, 0.1) is 0 Å². The molecule has 7 nitrogen and oxygen atoms in total. The quantitative estimate of drug-likeness (QED) is 0.641. The Bertz CT molecular complexity index is 967. The van der Waals surface area contributed by atoms with Crippen LogP contribution in [-0.2, 0) is 21.3 Å². The number of ether oxygens (including phenoxy) is 2. The minimum atomic E-state index is -3.54. The topological polar surface area (TPSA) is 76.1 Å². The van der Waals surface area contributed by atoms with Crippen LogP contribution in [0.5, 0.6) is 5.75 Å². The third-order valence-corrected chi connectivity index (χ3v) is 6.95. The van der Waals surface area contributed by atoms with Crippen LogP contribution in [-0.4, -0.2) is 64.0 Å². The predicted molar refractivity (Wildman–Crippen MR) is 114 cm³/mol. The monoisotopic (exact) mass is 432 g/mol. The van der Waals surface area contributed by atoms with Gasteiger partial charge in [0.1, 0.15) is 5.75 Å². The molecule has 162 valence electrons. The van der Waals surface area contributed by atoms with E-state index in [0.717, 1.165) is 28.5 Å². The van der Waals surface area contributed by atoms with Gasteiger partial charge in [0.05, 0.1) is 18.1 Å². The Kier molecular flexibility index (Phi) is 7.12. The van der Waals surface area contributed by atoms with Gasteiger partial charge in [-0.2, -0.15) is 0 Å². The van der Waals surface area contributed by atoms with Crippen molar-refractivity contribution in [3.8, 4) is 5.75 Å². The fourth-order valence-electron chi connectivity index (χ4n) is 3.41. The Labute approximate surface area is 178 Å². The van der Waals surface area contributed by atoms with E-state index in [1.807, 2.05) is 24.3 Å². The molecular formula is C22H28N2O5S. The van der Waals surface area contributed by atoms with Crippen LogP contribution < -0.4 is 4.74 Å². The molecule has 0 N–H and O–H groups in total. The predicted octanol–water partition coefficient (Wildman–Crippen LogP) is 2.77. The number of hydrogen-bond acceptors (Lipinski definition) is 5. The van der Waals surface area contributed by atoms with E-state index >= 15 is 0 Å². The average Bonchev–Trinajstić information content (AvgIpc) is 3.26. The standard InChI is InChI=1S/C22H28N2O5S/c1-23(2)30(26,27)21-11-9-18(10-12-21)22(25)24(16-20-8-5-13-29-20)15-17-6-4-7-19(14-17)28-3/h4,6-7,9-12,14,20H,5,8,13,15-16H2,1-3H3. The molecule has 3 rings (SSSR count). The molecule has 1 aliphatic rings. The number of hydrogen-bond donors (Lipinski definition) is 0. The van der Waals surface area contributed by atoms with Gasteiger partial charge in [0.25, 0.3) is 5.91 Å². The van der Waals surface area contributed by atoms with E-state index in [4.69, 9.17) is 9.47 Å². The molecule has 2 aromatic rings. The molecule has 30 heavy (non-hydrogen) atoms. The molecule has 1 fully saturated rings. The molecule has 0 radical (unpaired) electrons. The molecule has 2 aromatic carbocycles. The van der Waals surface area contributed by atoms with Crippen molar-refractivity contribution < 1.29 is 22.7 Å². The van der Waals surface area contributed by atoms with Crippen LogP contribution in [0.25, 0.3) is 0 Å². The van der Waals surface area contributed by atoms with E-state index in [1.54, 1.807) is 24.1 Å². The summed E-state index contributed by atoms with van der Waals surface area (Å²) in [6, 6.07) is 13.7. The highest BCUT2D eigenvalue weighted by molar-refractivity contribution is 7.89. The van der Waals surface area contributed by atoms with Crippen molar-refractivity contribution >= 4 is 15.9 Å². The van der Waals surface area contributed by atoms with Gasteiger partial charge in [-0.05, 0) is 54.8 Å². The first-order chi connectivity index (χ1) is 14.3. The molecular weight excluding hydrogens is 404 g/mol. The normalized spacial score (nSPS) is 16.6. The van der Waals surface area contributed by atoms with E-state index in [-0.39, 0.29) is 16.9 Å². The molecule has 1 amide bonds. The highest BCUT2D eigenvalue weighted by Crippen LogP contribution is 2.21. The summed E-state index contributed by atoms with van der Waals surface area (Å²) in [6.45, 7) is 1.60. The Morgan fingerprint density at radius 3 is 2.50 bits per heavy atom. The smallest absolute Gasteiger partial charge is 0.254 e. The Morgan fingerprint density at radius 2 is 1.90 bits per heavy atom. The molecule has 8 heteroatoms. The fraction of sp³-hybridized carbons (Fsp3) is 0.409. The number of sulfonamides is 1. The summed E-state index contributed by atoms with van der Waals surface area (Å²) in [4.78, 5) is 15.2. The maximum Gasteiger partial charge on any atom is 0.254 e. The summed E-state index contributed by atoms with van der Waals surface area (Å²) >= 11 is 0. The van der Waals surface area contributed by atoms with E-state index in [0.29, 0.717) is 25.3 Å². The summed E-state index contributed by atoms with van der Waals surface area (Å²) in [5.74, 6) is 0.567. The zero-order valence-electron chi connectivity index (χ0n) is 17.6. The van der Waals surface area contributed by atoms with Crippen molar-refractivity contribution in [3.05, 3.63) is 59.7 Å². The average molecular weight is 433 g/mol. The summed E-state index contributed by atoms with van der Waals surface area (Å²) in [5.41, 5.74) is 1.39. The van der Waals surface area contributed by atoms with Crippen LogP contribution in [0.1, 0.15) is 28.8 Å². The first-order valence-corrected chi connectivity index (χ1v) is 11.3. The molecule has 0 aliphatic carbocycles. The van der Waals surface area contributed by atoms with Crippen molar-refractivity contribution in [1.29, 1.82) is 0 Å². The number of benzene rings is 2. The van der Waals surface area contributed by atoms with E-state index in [9.17, 15) is 13.2 Å². The number of carbonyl (C=O) groups is 1. The van der Waals surface area contributed by atoms with E-state index in [1.165, 1.54) is 26.2 Å². The summed E-state index contributed by atoms with van der Waals surface area (Å²) in [7, 11) is 1.02. The second-order valence-corrected chi connectivity index (χ2v) is 9.64. The second kappa shape index (κ2) is 9.59. The van der Waals surface area contributed by atoms with Crippen molar-refractivity contribution in [2.75, 3.05) is 34.4 Å². The van der Waals surface area contributed by atoms with Gasteiger partial charge in [-0.3, -0.25) is 4.79 Å². The first-order valence-electron chi connectivity index (χ1n) is 9.87. The van der Waals surface area contributed by atoms with Gasteiger partial charge < -0.3 is 14.4 Å². The lowest BCUT2D eigenvalue weighted by molar-refractivity contribution is 0.0507. The van der Waals surface area contributed by atoms with Gasteiger partial charge in [-0.15, -0.1) is 0 Å². The highest BCUT2D eigenvalue weighted by Gasteiger charge is 2.25. The minimum absolute atomic E-state index is 0.00736. The molecule has 0 bridgehead atoms. The first kappa shape index (κ1) is 22.3. The lowest BCUT2D eigenvalue weighted by Gasteiger charge is -2.26. The third-order valence-electron chi connectivity index (χ3n) is 5.12. The largest absolute Gasteiger partial charge is 0.497 e.